The van der Waals surface area contributed by atoms with E-state index in [1.807, 2.05) is 44.2 Å². The minimum atomic E-state index is -0.916. The van der Waals surface area contributed by atoms with E-state index in [4.69, 9.17) is 9.26 Å². The number of amides is 2. The summed E-state index contributed by atoms with van der Waals surface area (Å²) in [5.41, 5.74) is 1.52. The van der Waals surface area contributed by atoms with E-state index in [0.717, 1.165) is 5.56 Å². The van der Waals surface area contributed by atoms with E-state index in [2.05, 4.69) is 15.8 Å². The van der Waals surface area contributed by atoms with Gasteiger partial charge in [0.1, 0.15) is 12.4 Å². The van der Waals surface area contributed by atoms with E-state index >= 15 is 0 Å². The lowest BCUT2D eigenvalue weighted by molar-refractivity contribution is -0.149. The molecule has 3 unspecified atom stereocenters. The molecule has 1 aromatic heterocycles. The van der Waals surface area contributed by atoms with E-state index in [9.17, 15) is 24.0 Å². The summed E-state index contributed by atoms with van der Waals surface area (Å²) in [6, 6.07) is 8.35. The van der Waals surface area contributed by atoms with Crippen molar-refractivity contribution in [2.24, 2.45) is 23.7 Å². The highest BCUT2D eigenvalue weighted by Gasteiger charge is 2.35. The maximum absolute atomic E-state index is 13.4. The second kappa shape index (κ2) is 13.8. The number of carbonyl (C=O) groups is 5. The number of nitrogens with zero attached hydrogens (tertiary/aromatic N) is 1. The molecular formula is C29H37N3O7. The SMILES string of the molecule is CC(C)C(CC(=O)OCc1ccccc1)C(=O)NC(C(=O)CC1Cc2cnoc2CCNC(=O)C1=O)C(C)C. The van der Waals surface area contributed by atoms with Crippen LogP contribution >= 0.6 is 0 Å². The van der Waals surface area contributed by atoms with Crippen molar-refractivity contribution >= 4 is 29.4 Å². The van der Waals surface area contributed by atoms with Gasteiger partial charge in [0.05, 0.1) is 24.6 Å². The Balaban J connectivity index is 1.67. The average Bonchev–Trinajstić information content (AvgIpc) is 3.35. The van der Waals surface area contributed by atoms with Crippen molar-refractivity contribution in [3.05, 3.63) is 53.4 Å². The molecule has 10 nitrogen and oxygen atoms in total. The van der Waals surface area contributed by atoms with Crippen LogP contribution in [0.4, 0.5) is 0 Å². The molecule has 0 bridgehead atoms. The molecule has 2 aromatic rings. The number of ether oxygens (including phenoxy) is 1. The van der Waals surface area contributed by atoms with Gasteiger partial charge in [-0.15, -0.1) is 0 Å². The van der Waals surface area contributed by atoms with Crippen LogP contribution in [0, 0.1) is 23.7 Å². The second-order valence-corrected chi connectivity index (χ2v) is 10.6. The second-order valence-electron chi connectivity index (χ2n) is 10.6. The van der Waals surface area contributed by atoms with Gasteiger partial charge in [-0.05, 0) is 23.8 Å². The lowest BCUT2D eigenvalue weighted by Crippen LogP contribution is -2.49. The number of hydrogen-bond donors (Lipinski definition) is 2. The molecule has 2 heterocycles. The summed E-state index contributed by atoms with van der Waals surface area (Å²) < 4.78 is 10.6. The molecule has 1 aliphatic heterocycles. The van der Waals surface area contributed by atoms with Crippen LogP contribution in [0.3, 0.4) is 0 Å². The molecule has 3 atom stereocenters. The first kappa shape index (κ1) is 29.7. The summed E-state index contributed by atoms with van der Waals surface area (Å²) in [4.78, 5) is 64.4. The maximum atomic E-state index is 13.4. The minimum absolute atomic E-state index is 0.107. The fourth-order valence-corrected chi connectivity index (χ4v) is 4.60. The van der Waals surface area contributed by atoms with Crippen LogP contribution in [-0.2, 0) is 48.2 Å². The summed E-state index contributed by atoms with van der Waals surface area (Å²) >= 11 is 0. The molecule has 3 rings (SSSR count). The Labute approximate surface area is 228 Å². The molecule has 10 heteroatoms. The molecule has 1 aromatic carbocycles. The Morgan fingerprint density at radius 1 is 1.10 bits per heavy atom. The number of Topliss-reactive ketones (excluding diaryl/α,β-unsaturated/α-hetero) is 2. The van der Waals surface area contributed by atoms with Gasteiger partial charge in [0, 0.05) is 30.9 Å². The van der Waals surface area contributed by atoms with Crippen molar-refractivity contribution in [1.29, 1.82) is 0 Å². The van der Waals surface area contributed by atoms with Crippen LogP contribution in [0.1, 0.15) is 57.4 Å². The summed E-state index contributed by atoms with van der Waals surface area (Å²) in [6.45, 7) is 7.56. The fourth-order valence-electron chi connectivity index (χ4n) is 4.60. The number of esters is 1. The molecule has 1 aliphatic rings. The zero-order chi connectivity index (χ0) is 28.5. The standard InChI is InChI=1S/C29H37N3O7/c1-17(2)22(14-25(34)38-16-19-8-6-5-7-9-19)28(36)32-26(18(3)4)23(33)13-20-12-21-15-31-39-24(21)10-11-30-29(37)27(20)35/h5-9,15,17-18,20,22,26H,10-14,16H2,1-4H3,(H,30,37)(H,32,36). The number of benzene rings is 1. The van der Waals surface area contributed by atoms with Gasteiger partial charge in [0.15, 0.2) is 5.78 Å². The Kier molecular flexibility index (Phi) is 10.5. The number of aromatic nitrogens is 1. The van der Waals surface area contributed by atoms with E-state index in [0.29, 0.717) is 17.7 Å². The first-order chi connectivity index (χ1) is 18.6. The first-order valence-electron chi connectivity index (χ1n) is 13.3. The van der Waals surface area contributed by atoms with Crippen LogP contribution in [-0.4, -0.2) is 47.1 Å². The Morgan fingerprint density at radius 2 is 1.82 bits per heavy atom. The summed E-state index contributed by atoms with van der Waals surface area (Å²) in [5, 5.41) is 9.15. The van der Waals surface area contributed by atoms with Gasteiger partial charge < -0.3 is 19.9 Å². The zero-order valence-electron chi connectivity index (χ0n) is 22.9. The highest BCUT2D eigenvalue weighted by Crippen LogP contribution is 2.23. The van der Waals surface area contributed by atoms with Crippen molar-refractivity contribution in [3.63, 3.8) is 0 Å². The lowest BCUT2D eigenvalue weighted by atomic mass is 9.85. The predicted octanol–water partition coefficient (Wildman–Crippen LogP) is 2.58. The van der Waals surface area contributed by atoms with E-state index < -0.39 is 41.4 Å². The van der Waals surface area contributed by atoms with E-state index in [1.54, 1.807) is 13.8 Å². The lowest BCUT2D eigenvalue weighted by Gasteiger charge is -2.27. The van der Waals surface area contributed by atoms with Gasteiger partial charge >= 0.3 is 5.97 Å². The van der Waals surface area contributed by atoms with Gasteiger partial charge in [-0.2, -0.15) is 0 Å². The quantitative estimate of drug-likeness (QED) is 0.327. The molecule has 210 valence electrons. The van der Waals surface area contributed by atoms with Crippen LogP contribution in [0.15, 0.2) is 41.1 Å². The first-order valence-corrected chi connectivity index (χ1v) is 13.3. The molecule has 39 heavy (non-hydrogen) atoms. The summed E-state index contributed by atoms with van der Waals surface area (Å²) in [5.74, 6) is -4.28. The van der Waals surface area contributed by atoms with Crippen LogP contribution in [0.5, 0.6) is 0 Å². The third-order valence-corrected chi connectivity index (χ3v) is 6.96. The number of nitrogens with one attached hydrogen (secondary N) is 2. The van der Waals surface area contributed by atoms with Crippen molar-refractivity contribution in [2.45, 2.75) is 66.0 Å². The number of rotatable bonds is 11. The molecule has 2 amide bonds. The fraction of sp³-hybridized carbons (Fsp3) is 0.517. The zero-order valence-corrected chi connectivity index (χ0v) is 22.9. The van der Waals surface area contributed by atoms with Gasteiger partial charge in [0.2, 0.25) is 11.7 Å². The molecule has 0 aliphatic carbocycles. The molecule has 0 saturated carbocycles. The number of carbonyl (C=O) groups excluding carboxylic acids is 5. The highest BCUT2D eigenvalue weighted by atomic mass is 16.5. The smallest absolute Gasteiger partial charge is 0.306 e. The van der Waals surface area contributed by atoms with Crippen molar-refractivity contribution in [3.8, 4) is 0 Å². The molecule has 0 saturated heterocycles. The predicted molar refractivity (Wildman–Crippen MR) is 141 cm³/mol. The highest BCUT2D eigenvalue weighted by molar-refractivity contribution is 6.37. The van der Waals surface area contributed by atoms with E-state index in [1.165, 1.54) is 6.20 Å². The van der Waals surface area contributed by atoms with Crippen LogP contribution < -0.4 is 10.6 Å². The molecule has 0 fully saturated rings. The third kappa shape index (κ3) is 8.33. The van der Waals surface area contributed by atoms with Gasteiger partial charge in [-0.3, -0.25) is 24.0 Å². The average molecular weight is 540 g/mol. The largest absolute Gasteiger partial charge is 0.461 e. The number of fused-ring (bicyclic) bond motifs is 1. The van der Waals surface area contributed by atoms with E-state index in [-0.39, 0.29) is 50.0 Å². The molecular weight excluding hydrogens is 502 g/mol. The van der Waals surface area contributed by atoms with Crippen LogP contribution in [0.2, 0.25) is 0 Å². The normalized spacial score (nSPS) is 17.3. The van der Waals surface area contributed by atoms with Crippen molar-refractivity contribution in [1.82, 2.24) is 15.8 Å². The number of hydrogen-bond acceptors (Lipinski definition) is 8. The minimum Gasteiger partial charge on any atom is -0.461 e. The van der Waals surface area contributed by atoms with Gasteiger partial charge in [-0.1, -0.05) is 63.2 Å². The molecule has 0 radical (unpaired) electrons. The molecule has 2 N–H and O–H groups in total. The summed E-state index contributed by atoms with van der Waals surface area (Å²) in [7, 11) is 0. The third-order valence-electron chi connectivity index (χ3n) is 6.96. The van der Waals surface area contributed by atoms with Crippen molar-refractivity contribution < 1.29 is 33.2 Å². The Bertz CT molecular complexity index is 1170. The number of ketones is 2. The van der Waals surface area contributed by atoms with Crippen molar-refractivity contribution in [2.75, 3.05) is 6.54 Å². The topological polar surface area (TPSA) is 145 Å². The maximum Gasteiger partial charge on any atom is 0.306 e. The Hall–Kier alpha value is -3.82. The Morgan fingerprint density at radius 3 is 2.49 bits per heavy atom. The monoisotopic (exact) mass is 539 g/mol. The molecule has 0 spiro atoms. The summed E-state index contributed by atoms with van der Waals surface area (Å²) in [6.07, 6.45) is 1.67. The van der Waals surface area contributed by atoms with Crippen LogP contribution in [0.25, 0.3) is 0 Å². The van der Waals surface area contributed by atoms with Gasteiger partial charge in [0.25, 0.3) is 5.91 Å². The van der Waals surface area contributed by atoms with Gasteiger partial charge in [-0.25, -0.2) is 0 Å².